The molecule has 0 aromatic carbocycles. The molecule has 3 atom stereocenters. The van der Waals surface area contributed by atoms with Gasteiger partial charge in [-0.2, -0.15) is 0 Å². The first-order chi connectivity index (χ1) is 16.1. The van der Waals surface area contributed by atoms with Crippen molar-refractivity contribution >= 4 is 23.9 Å². The van der Waals surface area contributed by atoms with Crippen LogP contribution in [0.5, 0.6) is 0 Å². The molecule has 0 spiro atoms. The molecular weight excluding hydrogens is 442 g/mol. The van der Waals surface area contributed by atoms with E-state index in [9.17, 15) is 19.2 Å². The highest BCUT2D eigenvalue weighted by molar-refractivity contribution is 5.92. The van der Waals surface area contributed by atoms with Gasteiger partial charge in [-0.15, -0.1) is 0 Å². The fourth-order valence-corrected chi connectivity index (χ4v) is 4.67. The Morgan fingerprint density at radius 3 is 2.41 bits per heavy atom. The zero-order valence-electron chi connectivity index (χ0n) is 20.7. The molecule has 3 heterocycles. The molecular formula is C23H39N5O6. The summed E-state index contributed by atoms with van der Waals surface area (Å²) in [6, 6.07) is -1.09. The van der Waals surface area contributed by atoms with E-state index in [1.54, 1.807) is 30.6 Å². The predicted octanol–water partition coefficient (Wildman–Crippen LogP) is 1.52. The van der Waals surface area contributed by atoms with Crippen LogP contribution in [-0.4, -0.2) is 83.8 Å². The predicted molar refractivity (Wildman–Crippen MR) is 124 cm³/mol. The Morgan fingerprint density at radius 1 is 1.06 bits per heavy atom. The number of hydrogen-bond donors (Lipinski definition) is 3. The highest BCUT2D eigenvalue weighted by atomic mass is 16.6. The van der Waals surface area contributed by atoms with Crippen molar-refractivity contribution < 1.29 is 28.7 Å². The molecule has 3 aliphatic heterocycles. The van der Waals surface area contributed by atoms with E-state index in [-0.39, 0.29) is 17.9 Å². The van der Waals surface area contributed by atoms with Gasteiger partial charge in [0.25, 0.3) is 11.8 Å². The van der Waals surface area contributed by atoms with E-state index in [4.69, 9.17) is 9.47 Å². The monoisotopic (exact) mass is 481 g/mol. The summed E-state index contributed by atoms with van der Waals surface area (Å²) in [4.78, 5) is 53.1. The van der Waals surface area contributed by atoms with Gasteiger partial charge in [-0.3, -0.25) is 15.0 Å². The zero-order valence-corrected chi connectivity index (χ0v) is 20.7. The normalized spacial score (nSPS) is 25.2. The third-order valence-electron chi connectivity index (χ3n) is 6.47. The van der Waals surface area contributed by atoms with Crippen LogP contribution in [0.2, 0.25) is 0 Å². The second-order valence-corrected chi connectivity index (χ2v) is 10.3. The van der Waals surface area contributed by atoms with Crippen LogP contribution in [-0.2, 0) is 19.1 Å². The van der Waals surface area contributed by atoms with Gasteiger partial charge in [0.15, 0.2) is 0 Å². The van der Waals surface area contributed by atoms with Gasteiger partial charge in [-0.05, 0) is 52.9 Å². The number of fused-ring (bicyclic) bond motifs is 2. The molecule has 5 amide bonds. The van der Waals surface area contributed by atoms with E-state index in [2.05, 4.69) is 23.1 Å². The number of carbonyl (C=O) groups excluding carboxylic acids is 4. The quantitative estimate of drug-likeness (QED) is 0.390. The fourth-order valence-electron chi connectivity index (χ4n) is 4.67. The number of unbranched alkanes of at least 4 members (excludes halogenated alkanes) is 1. The van der Waals surface area contributed by atoms with Gasteiger partial charge in [0.1, 0.15) is 17.7 Å². The lowest BCUT2D eigenvalue weighted by atomic mass is 9.94. The van der Waals surface area contributed by atoms with Gasteiger partial charge >= 0.3 is 12.1 Å². The molecule has 0 radical (unpaired) electrons. The zero-order chi connectivity index (χ0) is 24.9. The Bertz CT molecular complexity index is 761. The number of hydrogen-bond acceptors (Lipinski definition) is 6. The van der Waals surface area contributed by atoms with Crippen molar-refractivity contribution in [1.82, 2.24) is 26.0 Å². The topological polar surface area (TPSA) is 129 Å². The minimum absolute atomic E-state index is 0.0719. The van der Waals surface area contributed by atoms with Crippen molar-refractivity contribution in [2.24, 2.45) is 5.92 Å². The number of ether oxygens (including phenoxy) is 2. The maximum atomic E-state index is 12.8. The highest BCUT2D eigenvalue weighted by Crippen LogP contribution is 2.34. The SMILES string of the molecule is CCCCOC1C(=O)N2C[C@H]1CC[C@H]2C(=O)NNC(=O)N1CCC(NC(=O)OC(C)(C)C)CC1. The maximum absolute atomic E-state index is 12.8. The minimum atomic E-state index is -0.604. The number of amides is 5. The number of likely N-dealkylation sites (tertiary alicyclic amines) is 1. The molecule has 11 heteroatoms. The molecule has 192 valence electrons. The van der Waals surface area contributed by atoms with Crippen LogP contribution in [0.1, 0.15) is 66.2 Å². The van der Waals surface area contributed by atoms with Crippen LogP contribution < -0.4 is 16.2 Å². The summed E-state index contributed by atoms with van der Waals surface area (Å²) in [5.41, 5.74) is 4.39. The minimum Gasteiger partial charge on any atom is -0.444 e. The Labute approximate surface area is 201 Å². The van der Waals surface area contributed by atoms with E-state index in [1.165, 1.54) is 0 Å². The van der Waals surface area contributed by atoms with Crippen molar-refractivity contribution in [3.05, 3.63) is 0 Å². The number of hydrazine groups is 1. The summed E-state index contributed by atoms with van der Waals surface area (Å²) in [6.45, 7) is 9.42. The number of piperidine rings is 2. The van der Waals surface area contributed by atoms with Crippen molar-refractivity contribution in [2.45, 2.75) is 90.0 Å². The maximum Gasteiger partial charge on any atom is 0.407 e. The van der Waals surface area contributed by atoms with Crippen molar-refractivity contribution in [2.75, 3.05) is 26.2 Å². The first-order valence-electron chi connectivity index (χ1n) is 12.4. The van der Waals surface area contributed by atoms with E-state index < -0.39 is 35.8 Å². The molecule has 3 fully saturated rings. The Kier molecular flexibility index (Phi) is 8.62. The lowest BCUT2D eigenvalue weighted by Gasteiger charge is -2.33. The van der Waals surface area contributed by atoms with Gasteiger partial charge in [0.2, 0.25) is 0 Å². The summed E-state index contributed by atoms with van der Waals surface area (Å²) in [6.07, 6.45) is 3.44. The van der Waals surface area contributed by atoms with Crippen molar-refractivity contribution in [3.8, 4) is 0 Å². The van der Waals surface area contributed by atoms with Gasteiger partial charge < -0.3 is 24.6 Å². The molecule has 0 aromatic rings. The molecule has 3 rings (SSSR count). The van der Waals surface area contributed by atoms with E-state index in [0.29, 0.717) is 45.5 Å². The van der Waals surface area contributed by atoms with Crippen LogP contribution in [0.25, 0.3) is 0 Å². The van der Waals surface area contributed by atoms with Gasteiger partial charge in [-0.25, -0.2) is 15.0 Å². The summed E-state index contributed by atoms with van der Waals surface area (Å²) in [5.74, 6) is -0.404. The van der Waals surface area contributed by atoms with Crippen molar-refractivity contribution in [3.63, 3.8) is 0 Å². The molecule has 11 nitrogen and oxygen atoms in total. The van der Waals surface area contributed by atoms with Crippen LogP contribution >= 0.6 is 0 Å². The number of nitrogens with zero attached hydrogens (tertiary/aromatic N) is 2. The Balaban J connectivity index is 1.40. The molecule has 34 heavy (non-hydrogen) atoms. The second-order valence-electron chi connectivity index (χ2n) is 10.3. The highest BCUT2D eigenvalue weighted by Gasteiger charge is 2.49. The van der Waals surface area contributed by atoms with Crippen LogP contribution in [0.3, 0.4) is 0 Å². The standard InChI is InChI=1S/C23H39N5O6/c1-5-6-13-33-18-15-7-8-17(28(14-15)20(18)30)19(29)25-26-21(31)27-11-9-16(10-12-27)24-22(32)34-23(2,3)4/h15-18H,5-14H2,1-4H3,(H,24,32)(H,25,29)(H,26,31)/t15-,17+,18?/m1/s1. The molecule has 3 aliphatic rings. The van der Waals surface area contributed by atoms with Crippen LogP contribution in [0.4, 0.5) is 9.59 Å². The van der Waals surface area contributed by atoms with Crippen molar-refractivity contribution in [1.29, 1.82) is 0 Å². The average molecular weight is 482 g/mol. The molecule has 0 saturated carbocycles. The number of urea groups is 1. The summed E-state index contributed by atoms with van der Waals surface area (Å²) < 4.78 is 11.1. The average Bonchev–Trinajstić information content (AvgIpc) is 3.01. The van der Waals surface area contributed by atoms with E-state index in [0.717, 1.165) is 19.3 Å². The molecule has 2 bridgehead atoms. The lowest BCUT2D eigenvalue weighted by Crippen LogP contribution is -2.57. The number of rotatable bonds is 6. The molecule has 0 aromatic heterocycles. The van der Waals surface area contributed by atoms with E-state index >= 15 is 0 Å². The largest absolute Gasteiger partial charge is 0.444 e. The summed E-state index contributed by atoms with van der Waals surface area (Å²) in [7, 11) is 0. The number of nitrogens with one attached hydrogen (secondary N) is 3. The molecule has 0 aliphatic carbocycles. The Morgan fingerprint density at radius 2 is 1.76 bits per heavy atom. The van der Waals surface area contributed by atoms with Crippen LogP contribution in [0.15, 0.2) is 0 Å². The van der Waals surface area contributed by atoms with Crippen LogP contribution in [0, 0.1) is 5.92 Å². The summed E-state index contributed by atoms with van der Waals surface area (Å²) in [5, 5.41) is 2.83. The third kappa shape index (κ3) is 6.74. The Hall–Kier alpha value is -2.56. The number of carbonyl (C=O) groups is 4. The summed E-state index contributed by atoms with van der Waals surface area (Å²) >= 11 is 0. The first-order valence-corrected chi connectivity index (χ1v) is 12.4. The van der Waals surface area contributed by atoms with Gasteiger partial charge in [0, 0.05) is 38.2 Å². The molecule has 1 unspecified atom stereocenters. The lowest BCUT2D eigenvalue weighted by molar-refractivity contribution is -0.143. The fraction of sp³-hybridized carbons (Fsp3) is 0.826. The first kappa shape index (κ1) is 26.1. The third-order valence-corrected chi connectivity index (χ3v) is 6.47. The second kappa shape index (κ2) is 11.2. The molecule has 3 saturated heterocycles. The van der Waals surface area contributed by atoms with Gasteiger partial charge in [0.05, 0.1) is 0 Å². The smallest absolute Gasteiger partial charge is 0.407 e. The number of alkyl carbamates (subject to hydrolysis) is 1. The molecule has 3 N–H and O–H groups in total. The van der Waals surface area contributed by atoms with E-state index in [1.807, 2.05) is 0 Å². The van der Waals surface area contributed by atoms with Gasteiger partial charge in [-0.1, -0.05) is 13.3 Å².